The molecule has 2 rings (SSSR count). The van der Waals surface area contributed by atoms with E-state index in [1.807, 2.05) is 11.7 Å². The molecule has 0 spiro atoms. The van der Waals surface area contributed by atoms with Gasteiger partial charge >= 0.3 is 0 Å². The Morgan fingerprint density at radius 1 is 1.26 bits per heavy atom. The van der Waals surface area contributed by atoms with Crippen molar-refractivity contribution in [2.24, 2.45) is 18.0 Å². The molecule has 0 amide bonds. The Kier molecular flexibility index (Phi) is 6.48. The molecule has 5 nitrogen and oxygen atoms in total. The maximum absolute atomic E-state index is 4.77. The smallest absolute Gasteiger partial charge is 0.191 e. The van der Waals surface area contributed by atoms with E-state index in [4.69, 9.17) is 4.99 Å². The first-order chi connectivity index (χ1) is 11.0. The normalized spacial score (nSPS) is 22.2. The lowest BCUT2D eigenvalue weighted by atomic mass is 9.87. The van der Waals surface area contributed by atoms with Gasteiger partial charge in [0.05, 0.1) is 5.69 Å². The van der Waals surface area contributed by atoms with E-state index in [1.165, 1.54) is 36.9 Å². The standard InChI is InChI=1S/C18H33N5/c1-6-19-18(21-16-9-7-13(2)8-10-16)20-12-11-17-14(3)22-23(5)15(17)4/h13,16H,6-12H2,1-5H3,(H2,19,20,21). The van der Waals surface area contributed by atoms with Gasteiger partial charge < -0.3 is 10.6 Å². The number of aromatic nitrogens is 2. The molecule has 23 heavy (non-hydrogen) atoms. The number of aryl methyl sites for hydroxylation is 2. The molecule has 0 unspecified atom stereocenters. The Morgan fingerprint density at radius 3 is 2.52 bits per heavy atom. The van der Waals surface area contributed by atoms with Crippen LogP contribution in [0.15, 0.2) is 4.99 Å². The third-order valence-electron chi connectivity index (χ3n) is 4.99. The fourth-order valence-corrected chi connectivity index (χ4v) is 3.38. The quantitative estimate of drug-likeness (QED) is 0.648. The van der Waals surface area contributed by atoms with Crippen LogP contribution in [0.5, 0.6) is 0 Å². The van der Waals surface area contributed by atoms with E-state index < -0.39 is 0 Å². The van der Waals surface area contributed by atoms with Crippen LogP contribution in [0.4, 0.5) is 0 Å². The topological polar surface area (TPSA) is 54.2 Å². The van der Waals surface area contributed by atoms with Crippen molar-refractivity contribution in [2.75, 3.05) is 13.1 Å². The van der Waals surface area contributed by atoms with Crippen molar-refractivity contribution in [3.8, 4) is 0 Å². The highest BCUT2D eigenvalue weighted by Gasteiger charge is 2.18. The summed E-state index contributed by atoms with van der Waals surface area (Å²) in [6.07, 6.45) is 6.11. The zero-order valence-electron chi connectivity index (χ0n) is 15.4. The first-order valence-electron chi connectivity index (χ1n) is 9.05. The molecule has 0 aromatic carbocycles. The molecule has 1 aromatic rings. The van der Waals surface area contributed by atoms with E-state index in [1.54, 1.807) is 0 Å². The fraction of sp³-hybridized carbons (Fsp3) is 0.778. The van der Waals surface area contributed by atoms with E-state index in [9.17, 15) is 0 Å². The van der Waals surface area contributed by atoms with Gasteiger partial charge in [-0.05, 0) is 64.4 Å². The van der Waals surface area contributed by atoms with Crippen molar-refractivity contribution in [2.45, 2.75) is 65.8 Å². The molecule has 0 saturated heterocycles. The van der Waals surface area contributed by atoms with Gasteiger partial charge in [0, 0.05) is 31.9 Å². The van der Waals surface area contributed by atoms with Crippen molar-refractivity contribution < 1.29 is 0 Å². The second kappa shape index (κ2) is 8.37. The lowest BCUT2D eigenvalue weighted by Gasteiger charge is -2.28. The summed E-state index contributed by atoms with van der Waals surface area (Å²) in [5.41, 5.74) is 3.70. The van der Waals surface area contributed by atoms with Gasteiger partial charge in [0.15, 0.2) is 5.96 Å². The molecule has 0 atom stereocenters. The molecular weight excluding hydrogens is 286 g/mol. The largest absolute Gasteiger partial charge is 0.357 e. The molecule has 1 aliphatic carbocycles. The first-order valence-corrected chi connectivity index (χ1v) is 9.05. The van der Waals surface area contributed by atoms with Gasteiger partial charge in [-0.15, -0.1) is 0 Å². The molecule has 130 valence electrons. The highest BCUT2D eigenvalue weighted by molar-refractivity contribution is 5.80. The van der Waals surface area contributed by atoms with E-state index in [-0.39, 0.29) is 0 Å². The summed E-state index contributed by atoms with van der Waals surface area (Å²) >= 11 is 0. The van der Waals surface area contributed by atoms with Crippen LogP contribution in [-0.4, -0.2) is 34.9 Å². The molecule has 1 fully saturated rings. The molecule has 1 saturated carbocycles. The van der Waals surface area contributed by atoms with E-state index in [0.717, 1.165) is 37.1 Å². The Hall–Kier alpha value is -1.52. The highest BCUT2D eigenvalue weighted by Crippen LogP contribution is 2.23. The minimum Gasteiger partial charge on any atom is -0.357 e. The van der Waals surface area contributed by atoms with Gasteiger partial charge in [0.1, 0.15) is 0 Å². The van der Waals surface area contributed by atoms with Crippen LogP contribution < -0.4 is 10.6 Å². The molecular formula is C18H33N5. The summed E-state index contributed by atoms with van der Waals surface area (Å²) < 4.78 is 1.96. The Morgan fingerprint density at radius 2 is 1.96 bits per heavy atom. The van der Waals surface area contributed by atoms with Gasteiger partial charge in [-0.1, -0.05) is 6.92 Å². The summed E-state index contributed by atoms with van der Waals surface area (Å²) in [6.45, 7) is 10.4. The van der Waals surface area contributed by atoms with Crippen molar-refractivity contribution in [3.05, 3.63) is 17.0 Å². The van der Waals surface area contributed by atoms with Crippen LogP contribution in [0.2, 0.25) is 0 Å². The summed E-state index contributed by atoms with van der Waals surface area (Å²) in [6, 6.07) is 0.575. The highest BCUT2D eigenvalue weighted by atomic mass is 15.3. The summed E-state index contributed by atoms with van der Waals surface area (Å²) in [7, 11) is 2.00. The van der Waals surface area contributed by atoms with Crippen molar-refractivity contribution in [1.29, 1.82) is 0 Å². The van der Waals surface area contributed by atoms with E-state index >= 15 is 0 Å². The molecule has 0 radical (unpaired) electrons. The van der Waals surface area contributed by atoms with Crippen molar-refractivity contribution in [3.63, 3.8) is 0 Å². The number of nitrogens with zero attached hydrogens (tertiary/aromatic N) is 3. The molecule has 1 aromatic heterocycles. The van der Waals surface area contributed by atoms with Crippen LogP contribution in [0.1, 0.15) is 56.5 Å². The molecule has 0 bridgehead atoms. The third kappa shape index (κ3) is 4.98. The molecule has 5 heteroatoms. The van der Waals surface area contributed by atoms with Gasteiger partial charge in [-0.3, -0.25) is 9.67 Å². The Balaban J connectivity index is 1.90. The lowest BCUT2D eigenvalue weighted by Crippen LogP contribution is -2.44. The number of guanidine groups is 1. The van der Waals surface area contributed by atoms with Gasteiger partial charge in [-0.2, -0.15) is 5.10 Å². The molecule has 1 aliphatic rings. The molecule has 1 heterocycles. The van der Waals surface area contributed by atoms with Crippen LogP contribution in [0.25, 0.3) is 0 Å². The van der Waals surface area contributed by atoms with E-state index in [2.05, 4.69) is 43.4 Å². The summed E-state index contributed by atoms with van der Waals surface area (Å²) in [5.74, 6) is 1.84. The minimum absolute atomic E-state index is 0.575. The zero-order chi connectivity index (χ0) is 16.8. The molecule has 0 aliphatic heterocycles. The number of hydrogen-bond donors (Lipinski definition) is 2. The SMILES string of the molecule is CCNC(=NCCc1c(C)nn(C)c1C)NC1CCC(C)CC1. The lowest BCUT2D eigenvalue weighted by molar-refractivity contribution is 0.329. The first kappa shape index (κ1) is 17.8. The predicted octanol–water partition coefficient (Wildman–Crippen LogP) is 2.71. The van der Waals surface area contributed by atoms with Crippen LogP contribution in [0.3, 0.4) is 0 Å². The van der Waals surface area contributed by atoms with Crippen LogP contribution >= 0.6 is 0 Å². The van der Waals surface area contributed by atoms with Gasteiger partial charge in [0.25, 0.3) is 0 Å². The maximum Gasteiger partial charge on any atom is 0.191 e. The third-order valence-corrected chi connectivity index (χ3v) is 4.99. The summed E-state index contributed by atoms with van der Waals surface area (Å²) in [5, 5.41) is 11.5. The van der Waals surface area contributed by atoms with Crippen molar-refractivity contribution >= 4 is 5.96 Å². The van der Waals surface area contributed by atoms with Gasteiger partial charge in [0.2, 0.25) is 0 Å². The Labute approximate surface area is 141 Å². The van der Waals surface area contributed by atoms with E-state index in [0.29, 0.717) is 6.04 Å². The average Bonchev–Trinajstić information content (AvgIpc) is 2.76. The van der Waals surface area contributed by atoms with Crippen LogP contribution in [0, 0.1) is 19.8 Å². The molecule has 2 N–H and O–H groups in total. The Bertz CT molecular complexity index is 524. The average molecular weight is 319 g/mol. The maximum atomic E-state index is 4.77. The second-order valence-electron chi connectivity index (χ2n) is 6.88. The van der Waals surface area contributed by atoms with Crippen molar-refractivity contribution in [1.82, 2.24) is 20.4 Å². The summed E-state index contributed by atoms with van der Waals surface area (Å²) in [4.78, 5) is 4.77. The number of rotatable bonds is 5. The minimum atomic E-state index is 0.575. The number of hydrogen-bond acceptors (Lipinski definition) is 2. The monoisotopic (exact) mass is 319 g/mol. The van der Waals surface area contributed by atoms with Crippen LogP contribution in [-0.2, 0) is 13.5 Å². The zero-order valence-corrected chi connectivity index (χ0v) is 15.4. The predicted molar refractivity (Wildman–Crippen MR) is 96.9 cm³/mol. The fourth-order valence-electron chi connectivity index (χ4n) is 3.38. The number of nitrogens with one attached hydrogen (secondary N) is 2. The number of aliphatic imine (C=N–C) groups is 1. The van der Waals surface area contributed by atoms with Gasteiger partial charge in [-0.25, -0.2) is 0 Å². The second-order valence-corrected chi connectivity index (χ2v) is 6.88.